The maximum atomic E-state index is 12.4. The van der Waals surface area contributed by atoms with Crippen molar-refractivity contribution in [2.24, 2.45) is 7.05 Å². The number of para-hydroxylation sites is 1. The lowest BCUT2D eigenvalue weighted by molar-refractivity contribution is -0.113. The quantitative estimate of drug-likeness (QED) is 0.400. The third kappa shape index (κ3) is 4.88. The number of rotatable bonds is 7. The van der Waals surface area contributed by atoms with Crippen LogP contribution < -0.4 is 10.1 Å². The number of aromatic nitrogens is 4. The van der Waals surface area contributed by atoms with E-state index < -0.39 is 0 Å². The molecule has 1 atom stereocenters. The molecule has 2 aromatic heterocycles. The number of hydrogen-bond acceptors (Lipinski definition) is 7. The Morgan fingerprint density at radius 2 is 2.00 bits per heavy atom. The summed E-state index contributed by atoms with van der Waals surface area (Å²) in [4.78, 5) is 16.8. The van der Waals surface area contributed by atoms with Crippen LogP contribution in [0.4, 0.5) is 5.13 Å². The number of nitrogens with zero attached hydrogens (tertiary/aromatic N) is 4. The van der Waals surface area contributed by atoms with Crippen molar-refractivity contribution in [2.75, 3.05) is 11.1 Å². The van der Waals surface area contributed by atoms with E-state index in [0.717, 1.165) is 16.0 Å². The van der Waals surface area contributed by atoms with Crippen LogP contribution in [0.3, 0.4) is 0 Å². The normalized spacial score (nSPS) is 12.1. The average molecular weight is 454 g/mol. The van der Waals surface area contributed by atoms with Gasteiger partial charge in [0, 0.05) is 7.05 Å². The largest absolute Gasteiger partial charge is 0.483 e. The Hall–Kier alpha value is -2.91. The first kappa shape index (κ1) is 21.3. The highest BCUT2D eigenvalue weighted by molar-refractivity contribution is 7.99. The minimum absolute atomic E-state index is 0.131. The van der Waals surface area contributed by atoms with E-state index >= 15 is 0 Å². The van der Waals surface area contributed by atoms with E-state index in [2.05, 4.69) is 34.3 Å². The number of anilines is 1. The number of benzene rings is 2. The first-order chi connectivity index (χ1) is 14.9. The maximum Gasteiger partial charge on any atom is 0.236 e. The lowest BCUT2D eigenvalue weighted by atomic mass is 10.1. The van der Waals surface area contributed by atoms with Gasteiger partial charge in [0.15, 0.2) is 22.2 Å². The molecule has 0 radical (unpaired) electrons. The molecule has 0 aliphatic rings. The molecule has 1 amide bonds. The molecule has 0 aliphatic heterocycles. The van der Waals surface area contributed by atoms with Crippen LogP contribution in [-0.4, -0.2) is 31.4 Å². The van der Waals surface area contributed by atoms with E-state index in [1.54, 1.807) is 0 Å². The number of thiazole rings is 1. The highest BCUT2D eigenvalue weighted by Gasteiger charge is 2.18. The zero-order valence-corrected chi connectivity index (χ0v) is 19.4. The number of fused-ring (bicyclic) bond motifs is 1. The van der Waals surface area contributed by atoms with Gasteiger partial charge >= 0.3 is 0 Å². The van der Waals surface area contributed by atoms with Crippen LogP contribution in [-0.2, 0) is 11.8 Å². The predicted molar refractivity (Wildman–Crippen MR) is 125 cm³/mol. The SMILES string of the molecule is Cc1ccc(OC(C)c2nnc(SCC(=O)Nc3nc4ccccc4s3)n2C)cc1C. The van der Waals surface area contributed by atoms with Crippen molar-refractivity contribution in [3.63, 3.8) is 0 Å². The number of ether oxygens (including phenoxy) is 1. The smallest absolute Gasteiger partial charge is 0.236 e. The highest BCUT2D eigenvalue weighted by atomic mass is 32.2. The van der Waals surface area contributed by atoms with Crippen molar-refractivity contribution >= 4 is 44.4 Å². The summed E-state index contributed by atoms with van der Waals surface area (Å²) in [5, 5.41) is 12.6. The number of thioether (sulfide) groups is 1. The third-order valence-corrected chi connectivity index (χ3v) is 6.87. The van der Waals surface area contributed by atoms with Crippen molar-refractivity contribution in [2.45, 2.75) is 32.0 Å². The molecule has 4 rings (SSSR count). The molecule has 2 heterocycles. The van der Waals surface area contributed by atoms with Gasteiger partial charge in [-0.2, -0.15) is 0 Å². The fourth-order valence-corrected chi connectivity index (χ4v) is 4.66. The number of carbonyl (C=O) groups excluding carboxylic acids is 1. The summed E-state index contributed by atoms with van der Waals surface area (Å²) in [7, 11) is 1.88. The van der Waals surface area contributed by atoms with Crippen molar-refractivity contribution in [3.05, 3.63) is 59.4 Å². The van der Waals surface area contributed by atoms with Crippen LogP contribution in [0.5, 0.6) is 5.75 Å². The molecule has 1 unspecified atom stereocenters. The Bertz CT molecular complexity index is 1200. The zero-order chi connectivity index (χ0) is 22.0. The lowest BCUT2D eigenvalue weighted by Crippen LogP contribution is -2.14. The molecule has 2 aromatic carbocycles. The number of hydrogen-bond donors (Lipinski definition) is 1. The van der Waals surface area contributed by atoms with E-state index in [4.69, 9.17) is 4.74 Å². The molecule has 7 nitrogen and oxygen atoms in total. The first-order valence-corrected chi connectivity index (χ1v) is 11.6. The second-order valence-corrected chi connectivity index (χ2v) is 9.20. The number of aryl methyl sites for hydroxylation is 2. The molecule has 160 valence electrons. The number of nitrogens with one attached hydrogen (secondary N) is 1. The highest BCUT2D eigenvalue weighted by Crippen LogP contribution is 2.27. The Kier molecular flexibility index (Phi) is 6.24. The van der Waals surface area contributed by atoms with Crippen molar-refractivity contribution < 1.29 is 9.53 Å². The molecule has 4 aromatic rings. The second kappa shape index (κ2) is 9.07. The van der Waals surface area contributed by atoms with Crippen LogP contribution >= 0.6 is 23.1 Å². The zero-order valence-electron chi connectivity index (χ0n) is 17.7. The molecule has 0 spiro atoms. The molecule has 0 fully saturated rings. The van der Waals surface area contributed by atoms with Gasteiger partial charge in [0.1, 0.15) is 5.75 Å². The van der Waals surface area contributed by atoms with Gasteiger partial charge in [-0.1, -0.05) is 41.3 Å². The molecule has 1 N–H and O–H groups in total. The van der Waals surface area contributed by atoms with Crippen LogP contribution in [0.2, 0.25) is 0 Å². The first-order valence-electron chi connectivity index (χ1n) is 9.82. The maximum absolute atomic E-state index is 12.4. The van der Waals surface area contributed by atoms with Gasteiger partial charge in [-0.15, -0.1) is 10.2 Å². The lowest BCUT2D eigenvalue weighted by Gasteiger charge is -2.15. The summed E-state index contributed by atoms with van der Waals surface area (Å²) >= 11 is 2.79. The Labute approximate surface area is 188 Å². The van der Waals surface area contributed by atoms with Gasteiger partial charge in [-0.3, -0.25) is 4.79 Å². The van der Waals surface area contributed by atoms with Gasteiger partial charge in [0.2, 0.25) is 5.91 Å². The van der Waals surface area contributed by atoms with Crippen LogP contribution in [0.25, 0.3) is 10.2 Å². The summed E-state index contributed by atoms with van der Waals surface area (Å²) < 4.78 is 8.95. The molecular weight excluding hydrogens is 430 g/mol. The summed E-state index contributed by atoms with van der Waals surface area (Å²) in [5.41, 5.74) is 3.28. The van der Waals surface area contributed by atoms with Crippen LogP contribution in [0, 0.1) is 13.8 Å². The monoisotopic (exact) mass is 453 g/mol. The molecule has 0 saturated carbocycles. The molecule has 0 aliphatic carbocycles. The van der Waals surface area contributed by atoms with Crippen LogP contribution in [0.1, 0.15) is 30.0 Å². The summed E-state index contributed by atoms with van der Waals surface area (Å²) in [5.74, 6) is 1.58. The molecule has 0 saturated heterocycles. The minimum atomic E-state index is -0.273. The van der Waals surface area contributed by atoms with Gasteiger partial charge < -0.3 is 14.6 Å². The van der Waals surface area contributed by atoms with Gasteiger partial charge in [-0.25, -0.2) is 4.98 Å². The van der Waals surface area contributed by atoms with Crippen molar-refractivity contribution in [3.8, 4) is 5.75 Å². The van der Waals surface area contributed by atoms with E-state index in [-0.39, 0.29) is 17.8 Å². The fraction of sp³-hybridized carbons (Fsp3) is 0.273. The predicted octanol–water partition coefficient (Wildman–Crippen LogP) is 4.91. The molecular formula is C22H23N5O2S2. The minimum Gasteiger partial charge on any atom is -0.483 e. The van der Waals surface area contributed by atoms with Gasteiger partial charge in [-0.05, 0) is 56.2 Å². The third-order valence-electron chi connectivity index (χ3n) is 4.90. The summed E-state index contributed by atoms with van der Waals surface area (Å²) in [6.07, 6.45) is -0.273. The van der Waals surface area contributed by atoms with E-state index in [9.17, 15) is 4.79 Å². The van der Waals surface area contributed by atoms with Gasteiger partial charge in [0.25, 0.3) is 0 Å². The molecule has 9 heteroatoms. The Balaban J connectivity index is 1.36. The standard InChI is InChI=1S/C22H23N5O2S2/c1-13-9-10-16(11-14(13)2)29-15(3)20-25-26-22(27(20)4)30-12-19(28)24-21-23-17-7-5-6-8-18(17)31-21/h5-11,15H,12H2,1-4H3,(H,23,24,28). The topological polar surface area (TPSA) is 81.9 Å². The molecule has 0 bridgehead atoms. The fourth-order valence-electron chi connectivity index (χ4n) is 3.06. The second-order valence-electron chi connectivity index (χ2n) is 7.23. The van der Waals surface area contributed by atoms with Crippen molar-refractivity contribution in [1.82, 2.24) is 19.7 Å². The molecule has 31 heavy (non-hydrogen) atoms. The van der Waals surface area contributed by atoms with E-state index in [0.29, 0.717) is 16.1 Å². The Morgan fingerprint density at radius 1 is 1.19 bits per heavy atom. The van der Waals surface area contributed by atoms with Gasteiger partial charge in [0.05, 0.1) is 16.0 Å². The van der Waals surface area contributed by atoms with Crippen LogP contribution in [0.15, 0.2) is 47.6 Å². The number of carbonyl (C=O) groups is 1. The Morgan fingerprint density at radius 3 is 2.77 bits per heavy atom. The van der Waals surface area contributed by atoms with Crippen molar-refractivity contribution in [1.29, 1.82) is 0 Å². The summed E-state index contributed by atoms with van der Waals surface area (Å²) in [6, 6.07) is 13.8. The number of amides is 1. The average Bonchev–Trinajstić information content (AvgIpc) is 3.31. The summed E-state index contributed by atoms with van der Waals surface area (Å²) in [6.45, 7) is 6.07. The van der Waals surface area contributed by atoms with E-state index in [1.807, 2.05) is 61.0 Å². The van der Waals surface area contributed by atoms with E-state index in [1.165, 1.54) is 34.2 Å².